The summed E-state index contributed by atoms with van der Waals surface area (Å²) in [7, 11) is 0. The lowest BCUT2D eigenvalue weighted by Crippen LogP contribution is -2.16. The summed E-state index contributed by atoms with van der Waals surface area (Å²) in [4.78, 5) is 17.7. The fourth-order valence-corrected chi connectivity index (χ4v) is 4.65. The molecule has 1 aliphatic heterocycles. The average molecular weight is 457 g/mol. The van der Waals surface area contributed by atoms with Gasteiger partial charge in [-0.2, -0.15) is 0 Å². The van der Waals surface area contributed by atoms with Crippen LogP contribution in [0, 0.1) is 12.7 Å². The molecule has 7 heteroatoms. The SMILES string of the molecule is Cc1cc(F)c(C(=O)Nc2cccc3c2OCC(C)n2cccc2-3)cc1-n1cnc(C2CC2)c1. The van der Waals surface area contributed by atoms with E-state index in [2.05, 4.69) is 21.8 Å². The number of halogens is 1. The first-order valence-electron chi connectivity index (χ1n) is 11.6. The molecule has 2 aromatic carbocycles. The predicted molar refractivity (Wildman–Crippen MR) is 128 cm³/mol. The van der Waals surface area contributed by atoms with Crippen molar-refractivity contribution < 1.29 is 13.9 Å². The molecule has 0 saturated heterocycles. The van der Waals surface area contributed by atoms with Gasteiger partial charge < -0.3 is 19.2 Å². The van der Waals surface area contributed by atoms with Crippen LogP contribution in [-0.2, 0) is 0 Å². The zero-order chi connectivity index (χ0) is 23.4. The molecule has 4 aromatic rings. The van der Waals surface area contributed by atoms with Crippen molar-refractivity contribution in [3.05, 3.63) is 83.8 Å². The Bertz CT molecular complexity index is 1420. The smallest absolute Gasteiger partial charge is 0.258 e. The quantitative estimate of drug-likeness (QED) is 0.418. The molecule has 1 amide bonds. The van der Waals surface area contributed by atoms with Gasteiger partial charge in [0.2, 0.25) is 0 Å². The molecule has 1 unspecified atom stereocenters. The minimum atomic E-state index is -0.563. The molecule has 1 aliphatic carbocycles. The topological polar surface area (TPSA) is 61.1 Å². The summed E-state index contributed by atoms with van der Waals surface area (Å²) >= 11 is 0. The maximum atomic E-state index is 14.9. The van der Waals surface area contributed by atoms with E-state index in [4.69, 9.17) is 4.74 Å². The van der Waals surface area contributed by atoms with Crippen LogP contribution < -0.4 is 10.1 Å². The Morgan fingerprint density at radius 3 is 2.88 bits per heavy atom. The highest BCUT2D eigenvalue weighted by atomic mass is 19.1. The summed E-state index contributed by atoms with van der Waals surface area (Å²) in [5, 5.41) is 2.89. The molecule has 0 spiro atoms. The summed E-state index contributed by atoms with van der Waals surface area (Å²) in [5.41, 5.74) is 4.92. The van der Waals surface area contributed by atoms with Crippen LogP contribution in [0.25, 0.3) is 16.9 Å². The highest BCUT2D eigenvalue weighted by Crippen LogP contribution is 2.41. The number of para-hydroxylation sites is 1. The molecule has 1 atom stereocenters. The molecule has 34 heavy (non-hydrogen) atoms. The molecule has 6 rings (SSSR count). The largest absolute Gasteiger partial charge is 0.489 e. The molecule has 1 N–H and O–H groups in total. The van der Waals surface area contributed by atoms with Gasteiger partial charge in [0, 0.05) is 23.9 Å². The van der Waals surface area contributed by atoms with Crippen molar-refractivity contribution in [2.75, 3.05) is 11.9 Å². The number of hydrogen-bond acceptors (Lipinski definition) is 3. The molecule has 2 aromatic heterocycles. The van der Waals surface area contributed by atoms with E-state index in [1.807, 2.05) is 48.1 Å². The third kappa shape index (κ3) is 3.48. The second-order valence-corrected chi connectivity index (χ2v) is 9.20. The number of aromatic nitrogens is 3. The standard InChI is InChI=1S/C27H25FN4O2/c1-16-11-21(28)20(12-25(16)31-13-23(29-15-31)18-8-9-18)27(33)30-22-6-3-5-19-24-7-4-10-32(24)17(2)14-34-26(19)22/h3-7,10-13,15,17-18H,8-9,14H2,1-2H3,(H,30,33). The number of benzene rings is 2. The third-order valence-corrected chi connectivity index (χ3v) is 6.67. The van der Waals surface area contributed by atoms with Crippen molar-refractivity contribution >= 4 is 11.6 Å². The molecule has 2 aliphatic rings. The van der Waals surface area contributed by atoms with E-state index in [-0.39, 0.29) is 11.6 Å². The van der Waals surface area contributed by atoms with Crippen LogP contribution in [0.3, 0.4) is 0 Å². The lowest BCUT2D eigenvalue weighted by atomic mass is 10.1. The summed E-state index contributed by atoms with van der Waals surface area (Å²) in [6, 6.07) is 12.8. The average Bonchev–Trinajstić information content (AvgIpc) is 3.38. The van der Waals surface area contributed by atoms with Gasteiger partial charge in [-0.15, -0.1) is 0 Å². The van der Waals surface area contributed by atoms with Crippen molar-refractivity contribution in [3.63, 3.8) is 0 Å². The summed E-state index contributed by atoms with van der Waals surface area (Å²) < 4.78 is 25.1. The molecule has 0 bridgehead atoms. The Balaban J connectivity index is 1.34. The first kappa shape index (κ1) is 20.7. The van der Waals surface area contributed by atoms with Crippen molar-refractivity contribution in [2.45, 2.75) is 38.6 Å². The normalized spacial score (nSPS) is 16.9. The maximum absolute atomic E-state index is 14.9. The van der Waals surface area contributed by atoms with Gasteiger partial charge in [-0.25, -0.2) is 9.37 Å². The van der Waals surface area contributed by atoms with Gasteiger partial charge in [0.05, 0.1) is 40.7 Å². The minimum absolute atomic E-state index is 0.0229. The number of hydrogen-bond donors (Lipinski definition) is 1. The Morgan fingerprint density at radius 2 is 2.06 bits per heavy atom. The van der Waals surface area contributed by atoms with E-state index in [0.29, 0.717) is 24.0 Å². The van der Waals surface area contributed by atoms with Crippen molar-refractivity contribution in [2.24, 2.45) is 0 Å². The third-order valence-electron chi connectivity index (χ3n) is 6.67. The van der Waals surface area contributed by atoms with Crippen LogP contribution in [0.4, 0.5) is 10.1 Å². The van der Waals surface area contributed by atoms with E-state index in [1.165, 1.54) is 6.07 Å². The lowest BCUT2D eigenvalue weighted by Gasteiger charge is -2.15. The van der Waals surface area contributed by atoms with Crippen LogP contribution >= 0.6 is 0 Å². The van der Waals surface area contributed by atoms with E-state index in [1.54, 1.807) is 18.5 Å². The molecular formula is C27H25FN4O2. The number of nitrogens with one attached hydrogen (secondary N) is 1. The van der Waals surface area contributed by atoms with Gasteiger partial charge in [-0.3, -0.25) is 4.79 Å². The number of fused-ring (bicyclic) bond motifs is 3. The van der Waals surface area contributed by atoms with Crippen LogP contribution in [0.5, 0.6) is 5.75 Å². The molecule has 1 saturated carbocycles. The van der Waals surface area contributed by atoms with Crippen LogP contribution in [-0.4, -0.2) is 26.6 Å². The second-order valence-electron chi connectivity index (χ2n) is 9.20. The highest BCUT2D eigenvalue weighted by molar-refractivity contribution is 6.06. The maximum Gasteiger partial charge on any atom is 0.258 e. The van der Waals surface area contributed by atoms with Gasteiger partial charge in [0.1, 0.15) is 12.4 Å². The van der Waals surface area contributed by atoms with Crippen molar-refractivity contribution in [1.29, 1.82) is 0 Å². The fraction of sp³-hybridized carbons (Fsp3) is 0.259. The number of carbonyl (C=O) groups excluding carboxylic acids is 1. The van der Waals surface area contributed by atoms with E-state index in [0.717, 1.165) is 41.0 Å². The molecule has 3 heterocycles. The van der Waals surface area contributed by atoms with E-state index < -0.39 is 11.7 Å². The van der Waals surface area contributed by atoms with Crippen LogP contribution in [0.2, 0.25) is 0 Å². The number of anilines is 1. The van der Waals surface area contributed by atoms with Gasteiger partial charge in [0.15, 0.2) is 5.75 Å². The van der Waals surface area contributed by atoms with E-state index >= 15 is 0 Å². The molecule has 6 nitrogen and oxygen atoms in total. The molecule has 0 radical (unpaired) electrons. The second kappa shape index (κ2) is 7.87. The summed E-state index contributed by atoms with van der Waals surface area (Å²) in [5.74, 6) is 0.0243. The summed E-state index contributed by atoms with van der Waals surface area (Å²) in [6.07, 6.45) is 8.04. The summed E-state index contributed by atoms with van der Waals surface area (Å²) in [6.45, 7) is 4.38. The first-order valence-corrected chi connectivity index (χ1v) is 11.6. The van der Waals surface area contributed by atoms with Crippen LogP contribution in [0.1, 0.15) is 53.3 Å². The number of aryl methyl sites for hydroxylation is 1. The number of rotatable bonds is 4. The van der Waals surface area contributed by atoms with Gasteiger partial charge in [-0.05, 0) is 68.7 Å². The minimum Gasteiger partial charge on any atom is -0.489 e. The van der Waals surface area contributed by atoms with Crippen molar-refractivity contribution in [1.82, 2.24) is 14.1 Å². The Labute approximate surface area is 197 Å². The lowest BCUT2D eigenvalue weighted by molar-refractivity contribution is 0.102. The first-order chi connectivity index (χ1) is 16.5. The molecule has 1 fully saturated rings. The van der Waals surface area contributed by atoms with Crippen molar-refractivity contribution in [3.8, 4) is 22.7 Å². The van der Waals surface area contributed by atoms with Crippen LogP contribution in [0.15, 0.2) is 61.2 Å². The Kier molecular flexibility index (Phi) is 4.79. The zero-order valence-electron chi connectivity index (χ0n) is 19.1. The zero-order valence-corrected chi connectivity index (χ0v) is 19.1. The fourth-order valence-electron chi connectivity index (χ4n) is 4.65. The number of carbonyl (C=O) groups is 1. The van der Waals surface area contributed by atoms with Gasteiger partial charge in [0.25, 0.3) is 5.91 Å². The molecule has 172 valence electrons. The number of ether oxygens (including phenoxy) is 1. The number of amides is 1. The van der Waals surface area contributed by atoms with Gasteiger partial charge >= 0.3 is 0 Å². The number of imidazole rings is 1. The van der Waals surface area contributed by atoms with Gasteiger partial charge in [-0.1, -0.05) is 6.07 Å². The monoisotopic (exact) mass is 456 g/mol. The predicted octanol–water partition coefficient (Wildman–Crippen LogP) is 5.87. The molecular weight excluding hydrogens is 431 g/mol. The number of nitrogens with zero attached hydrogens (tertiary/aromatic N) is 3. The highest BCUT2D eigenvalue weighted by Gasteiger charge is 2.27. The Hall–Kier alpha value is -3.87. The van der Waals surface area contributed by atoms with E-state index in [9.17, 15) is 9.18 Å². The Morgan fingerprint density at radius 1 is 1.21 bits per heavy atom.